The van der Waals surface area contributed by atoms with Gasteiger partial charge in [-0.1, -0.05) is 41.9 Å². The van der Waals surface area contributed by atoms with Crippen molar-refractivity contribution in [2.45, 2.75) is 6.54 Å². The Morgan fingerprint density at radius 3 is 2.74 bits per heavy atom. The lowest BCUT2D eigenvalue weighted by Crippen LogP contribution is -1.97. The number of benzene rings is 2. The number of aldehydes is 1. The molecule has 0 bridgehead atoms. The summed E-state index contributed by atoms with van der Waals surface area (Å²) < 4.78 is 2.07. The number of carbonyl (C=O) groups is 1. The van der Waals surface area contributed by atoms with Crippen molar-refractivity contribution < 1.29 is 4.79 Å². The lowest BCUT2D eigenvalue weighted by atomic mass is 10.2. The summed E-state index contributed by atoms with van der Waals surface area (Å²) in [5.74, 6) is 0. The molecule has 3 heteroatoms. The summed E-state index contributed by atoms with van der Waals surface area (Å²) in [7, 11) is 0. The summed E-state index contributed by atoms with van der Waals surface area (Å²) in [5.41, 5.74) is 2.90. The summed E-state index contributed by atoms with van der Waals surface area (Å²) in [5, 5.41) is 1.71. The summed E-state index contributed by atoms with van der Waals surface area (Å²) in [6.07, 6.45) is 2.79. The van der Waals surface area contributed by atoms with Gasteiger partial charge in [0.15, 0.2) is 6.29 Å². The molecule has 0 aliphatic carbocycles. The fourth-order valence-corrected chi connectivity index (χ4v) is 2.54. The molecular formula is C16H12ClNO. The van der Waals surface area contributed by atoms with E-state index >= 15 is 0 Å². The molecule has 3 rings (SSSR count). The average Bonchev–Trinajstić information content (AvgIpc) is 2.77. The fourth-order valence-electron chi connectivity index (χ4n) is 2.33. The molecule has 2 aromatic carbocycles. The number of carbonyl (C=O) groups excluding carboxylic acids is 1. The first-order chi connectivity index (χ1) is 9.28. The summed E-state index contributed by atoms with van der Waals surface area (Å²) in [6.45, 7) is 0.703. The first-order valence-electron chi connectivity index (χ1n) is 6.05. The van der Waals surface area contributed by atoms with Crippen LogP contribution in [0.3, 0.4) is 0 Å². The number of rotatable bonds is 3. The Morgan fingerprint density at radius 1 is 1.11 bits per heavy atom. The summed E-state index contributed by atoms with van der Waals surface area (Å²) >= 11 is 6.00. The molecule has 0 fully saturated rings. The predicted octanol–water partition coefficient (Wildman–Crippen LogP) is 4.16. The van der Waals surface area contributed by atoms with Crippen LogP contribution < -0.4 is 0 Å². The van der Waals surface area contributed by atoms with Crippen LogP contribution in [0.4, 0.5) is 0 Å². The van der Waals surface area contributed by atoms with Crippen LogP contribution in [0.5, 0.6) is 0 Å². The van der Waals surface area contributed by atoms with Crippen molar-refractivity contribution in [3.63, 3.8) is 0 Å². The Hall–Kier alpha value is -2.06. The van der Waals surface area contributed by atoms with Crippen molar-refractivity contribution in [3.8, 4) is 0 Å². The maximum atomic E-state index is 11.1. The summed E-state index contributed by atoms with van der Waals surface area (Å²) in [6, 6.07) is 15.7. The largest absolute Gasteiger partial charge is 0.342 e. The number of halogens is 1. The first-order valence-corrected chi connectivity index (χ1v) is 6.43. The van der Waals surface area contributed by atoms with E-state index in [4.69, 9.17) is 11.6 Å². The fraction of sp³-hybridized carbons (Fsp3) is 0.0625. The lowest BCUT2D eigenvalue weighted by molar-refractivity contribution is 0.112. The molecule has 94 valence electrons. The third-order valence-electron chi connectivity index (χ3n) is 3.19. The van der Waals surface area contributed by atoms with Gasteiger partial charge in [-0.2, -0.15) is 0 Å². The Balaban J connectivity index is 2.08. The van der Waals surface area contributed by atoms with E-state index in [-0.39, 0.29) is 0 Å². The third-order valence-corrected chi connectivity index (χ3v) is 3.42. The van der Waals surface area contributed by atoms with Crippen molar-refractivity contribution in [2.24, 2.45) is 0 Å². The second-order valence-corrected chi connectivity index (χ2v) is 4.91. The number of fused-ring (bicyclic) bond motifs is 1. The molecule has 0 N–H and O–H groups in total. The molecule has 0 saturated carbocycles. The van der Waals surface area contributed by atoms with E-state index in [0.29, 0.717) is 6.54 Å². The average molecular weight is 270 g/mol. The van der Waals surface area contributed by atoms with Gasteiger partial charge in [0, 0.05) is 34.2 Å². The monoisotopic (exact) mass is 269 g/mol. The standard InChI is InChI=1S/C16H12ClNO/c17-14-5-3-4-12(8-14)9-18-10-13(11-19)15-6-1-2-7-16(15)18/h1-8,10-11H,9H2. The van der Waals surface area contributed by atoms with Gasteiger partial charge in [0.25, 0.3) is 0 Å². The van der Waals surface area contributed by atoms with Crippen LogP contribution in [-0.2, 0) is 6.54 Å². The molecule has 2 nitrogen and oxygen atoms in total. The van der Waals surface area contributed by atoms with Gasteiger partial charge in [0.05, 0.1) is 0 Å². The molecular weight excluding hydrogens is 258 g/mol. The normalized spacial score (nSPS) is 10.8. The van der Waals surface area contributed by atoms with Crippen LogP contribution in [0.15, 0.2) is 54.7 Å². The Bertz CT molecular complexity index is 745. The molecule has 0 unspecified atom stereocenters. The molecule has 1 aromatic heterocycles. The van der Waals surface area contributed by atoms with Crippen LogP contribution in [-0.4, -0.2) is 10.9 Å². The molecule has 1 heterocycles. The molecule has 0 spiro atoms. The van der Waals surface area contributed by atoms with Crippen LogP contribution in [0, 0.1) is 0 Å². The molecule has 0 aliphatic rings. The Morgan fingerprint density at radius 2 is 1.95 bits per heavy atom. The maximum absolute atomic E-state index is 11.1. The van der Waals surface area contributed by atoms with Crippen molar-refractivity contribution in [2.75, 3.05) is 0 Å². The van der Waals surface area contributed by atoms with E-state index in [1.165, 1.54) is 0 Å². The lowest BCUT2D eigenvalue weighted by Gasteiger charge is -2.05. The highest BCUT2D eigenvalue weighted by atomic mass is 35.5. The Kier molecular flexibility index (Phi) is 3.10. The predicted molar refractivity (Wildman–Crippen MR) is 77.9 cm³/mol. The van der Waals surface area contributed by atoms with Crippen LogP contribution in [0.25, 0.3) is 10.9 Å². The van der Waals surface area contributed by atoms with E-state index in [1.807, 2.05) is 54.7 Å². The van der Waals surface area contributed by atoms with Crippen LogP contribution >= 0.6 is 11.6 Å². The minimum atomic E-state index is 0.703. The van der Waals surface area contributed by atoms with E-state index < -0.39 is 0 Å². The zero-order chi connectivity index (χ0) is 13.2. The van der Waals surface area contributed by atoms with Gasteiger partial charge < -0.3 is 4.57 Å². The summed E-state index contributed by atoms with van der Waals surface area (Å²) in [4.78, 5) is 11.1. The van der Waals surface area contributed by atoms with E-state index in [1.54, 1.807) is 0 Å². The molecule has 0 saturated heterocycles. The van der Waals surface area contributed by atoms with Gasteiger partial charge in [0.1, 0.15) is 0 Å². The van der Waals surface area contributed by atoms with Crippen molar-refractivity contribution in [1.29, 1.82) is 0 Å². The minimum absolute atomic E-state index is 0.703. The van der Waals surface area contributed by atoms with Gasteiger partial charge in [-0.3, -0.25) is 4.79 Å². The molecule has 3 aromatic rings. The smallest absolute Gasteiger partial charge is 0.152 e. The van der Waals surface area contributed by atoms with Gasteiger partial charge in [0.2, 0.25) is 0 Å². The number of hydrogen-bond acceptors (Lipinski definition) is 1. The van der Waals surface area contributed by atoms with Crippen molar-refractivity contribution in [1.82, 2.24) is 4.57 Å². The zero-order valence-electron chi connectivity index (χ0n) is 10.2. The molecule has 0 radical (unpaired) electrons. The highest BCUT2D eigenvalue weighted by Crippen LogP contribution is 2.21. The SMILES string of the molecule is O=Cc1cn(Cc2cccc(Cl)c2)c2ccccc12. The Labute approximate surface area is 116 Å². The van der Waals surface area contributed by atoms with Crippen molar-refractivity contribution in [3.05, 3.63) is 70.9 Å². The number of para-hydroxylation sites is 1. The highest BCUT2D eigenvalue weighted by molar-refractivity contribution is 6.30. The van der Waals surface area contributed by atoms with Gasteiger partial charge in [-0.05, 0) is 23.8 Å². The number of aromatic nitrogens is 1. The minimum Gasteiger partial charge on any atom is -0.342 e. The second kappa shape index (κ2) is 4.90. The quantitative estimate of drug-likeness (QED) is 0.655. The maximum Gasteiger partial charge on any atom is 0.152 e. The number of nitrogens with zero attached hydrogens (tertiary/aromatic N) is 1. The van der Waals surface area contributed by atoms with E-state index in [2.05, 4.69) is 4.57 Å². The highest BCUT2D eigenvalue weighted by Gasteiger charge is 2.07. The van der Waals surface area contributed by atoms with E-state index in [9.17, 15) is 4.79 Å². The van der Waals surface area contributed by atoms with Crippen LogP contribution in [0.1, 0.15) is 15.9 Å². The van der Waals surface area contributed by atoms with Gasteiger partial charge in [-0.25, -0.2) is 0 Å². The zero-order valence-corrected chi connectivity index (χ0v) is 11.0. The molecule has 19 heavy (non-hydrogen) atoms. The second-order valence-electron chi connectivity index (χ2n) is 4.48. The van der Waals surface area contributed by atoms with Crippen LogP contribution in [0.2, 0.25) is 5.02 Å². The van der Waals surface area contributed by atoms with Crippen molar-refractivity contribution >= 4 is 28.8 Å². The third kappa shape index (κ3) is 2.27. The first kappa shape index (κ1) is 12.0. The molecule has 0 amide bonds. The number of hydrogen-bond donors (Lipinski definition) is 0. The van der Waals surface area contributed by atoms with Gasteiger partial charge in [-0.15, -0.1) is 0 Å². The van der Waals surface area contributed by atoms with E-state index in [0.717, 1.165) is 33.3 Å². The topological polar surface area (TPSA) is 22.0 Å². The molecule has 0 aliphatic heterocycles. The van der Waals surface area contributed by atoms with Gasteiger partial charge >= 0.3 is 0 Å². The molecule has 0 atom stereocenters.